The van der Waals surface area contributed by atoms with Crippen LogP contribution in [0.25, 0.3) is 11.3 Å². The van der Waals surface area contributed by atoms with E-state index in [1.54, 1.807) is 29.2 Å². The molecule has 2 aromatic carbocycles. The fourth-order valence-electron chi connectivity index (χ4n) is 4.88. The number of nitrogens with two attached hydrogens (primary N) is 2. The number of anilines is 1. The normalized spacial score (nSPS) is 20.1. The SMILES string of the molecule is COc1ccc(F)cc1C(=O)NCc1ccc(-c2nn([C@H]3CCN(C(=O)[C@@H]4C[C@@H]4F)C3)c(N)c2C(N)=O)cc1. The van der Waals surface area contributed by atoms with E-state index in [1.165, 1.54) is 23.9 Å². The molecule has 3 aromatic rings. The molecule has 1 aromatic heterocycles. The van der Waals surface area contributed by atoms with Crippen molar-refractivity contribution in [2.75, 3.05) is 25.9 Å². The maximum Gasteiger partial charge on any atom is 0.255 e. The number of likely N-dealkylation sites (tertiary alicyclic amines) is 1. The van der Waals surface area contributed by atoms with E-state index in [4.69, 9.17) is 16.2 Å². The zero-order chi connectivity index (χ0) is 27.8. The van der Waals surface area contributed by atoms with Gasteiger partial charge in [-0.3, -0.25) is 14.4 Å². The number of methoxy groups -OCH3 is 1. The van der Waals surface area contributed by atoms with E-state index in [2.05, 4.69) is 10.4 Å². The Kier molecular flexibility index (Phi) is 6.94. The topological polar surface area (TPSA) is 146 Å². The maximum atomic E-state index is 13.6. The number of rotatable bonds is 8. The quantitative estimate of drug-likeness (QED) is 0.402. The van der Waals surface area contributed by atoms with Crippen molar-refractivity contribution in [2.45, 2.75) is 31.6 Å². The average Bonchev–Trinajstić information content (AvgIpc) is 3.30. The second-order valence-electron chi connectivity index (χ2n) is 9.73. The molecule has 0 bridgehead atoms. The van der Waals surface area contributed by atoms with Gasteiger partial charge in [-0.2, -0.15) is 5.10 Å². The Balaban J connectivity index is 1.31. The summed E-state index contributed by atoms with van der Waals surface area (Å²) in [5.74, 6) is -2.19. The Bertz CT molecular complexity index is 1440. The minimum atomic E-state index is -1.07. The number of nitrogens with zero attached hydrogens (tertiary/aromatic N) is 3. The maximum absolute atomic E-state index is 13.6. The Hall–Kier alpha value is -4.48. The van der Waals surface area contributed by atoms with E-state index in [9.17, 15) is 23.2 Å². The number of carbonyl (C=O) groups is 3. The first-order valence-electron chi connectivity index (χ1n) is 12.5. The number of primary amides is 1. The molecule has 2 heterocycles. The molecule has 5 N–H and O–H groups in total. The number of benzene rings is 2. The number of alkyl halides is 1. The van der Waals surface area contributed by atoms with Gasteiger partial charge in [-0.25, -0.2) is 13.5 Å². The van der Waals surface area contributed by atoms with Crippen molar-refractivity contribution in [3.05, 3.63) is 65.0 Å². The minimum Gasteiger partial charge on any atom is -0.496 e. The summed E-state index contributed by atoms with van der Waals surface area (Å²) in [4.78, 5) is 38.9. The van der Waals surface area contributed by atoms with Gasteiger partial charge in [0.25, 0.3) is 11.8 Å². The zero-order valence-electron chi connectivity index (χ0n) is 21.2. The van der Waals surface area contributed by atoms with E-state index < -0.39 is 29.7 Å². The molecule has 0 radical (unpaired) electrons. The summed E-state index contributed by atoms with van der Waals surface area (Å²) in [6.45, 7) is 0.931. The van der Waals surface area contributed by atoms with Gasteiger partial charge >= 0.3 is 0 Å². The van der Waals surface area contributed by atoms with Crippen LogP contribution in [0.5, 0.6) is 5.75 Å². The Morgan fingerprint density at radius 3 is 2.54 bits per heavy atom. The van der Waals surface area contributed by atoms with Crippen LogP contribution < -0.4 is 21.5 Å². The van der Waals surface area contributed by atoms with Gasteiger partial charge in [0.1, 0.15) is 34.8 Å². The third-order valence-electron chi connectivity index (χ3n) is 7.13. The molecule has 3 atom stereocenters. The van der Waals surface area contributed by atoms with E-state index in [0.717, 1.165) is 11.6 Å². The van der Waals surface area contributed by atoms with Crippen molar-refractivity contribution in [1.29, 1.82) is 0 Å². The van der Waals surface area contributed by atoms with Gasteiger partial charge in [0.05, 0.1) is 24.6 Å². The number of amides is 3. The van der Waals surface area contributed by atoms with Crippen LogP contribution in [0, 0.1) is 11.7 Å². The molecule has 5 rings (SSSR count). The van der Waals surface area contributed by atoms with E-state index in [1.807, 2.05) is 0 Å². The molecule has 0 spiro atoms. The van der Waals surface area contributed by atoms with Crippen LogP contribution in [0.4, 0.5) is 14.6 Å². The van der Waals surface area contributed by atoms with Crippen LogP contribution in [0.1, 0.15) is 45.2 Å². The molecule has 10 nitrogen and oxygen atoms in total. The highest BCUT2D eigenvalue weighted by molar-refractivity contribution is 6.03. The lowest BCUT2D eigenvalue weighted by molar-refractivity contribution is -0.132. The lowest BCUT2D eigenvalue weighted by Crippen LogP contribution is -2.31. The van der Waals surface area contributed by atoms with Crippen LogP contribution in [-0.4, -0.2) is 58.8 Å². The van der Waals surface area contributed by atoms with Crippen molar-refractivity contribution in [3.8, 4) is 17.0 Å². The first-order valence-corrected chi connectivity index (χ1v) is 12.5. The fourth-order valence-corrected chi connectivity index (χ4v) is 4.88. The van der Waals surface area contributed by atoms with Gasteiger partial charge < -0.3 is 26.4 Å². The van der Waals surface area contributed by atoms with Crippen LogP contribution in [0.2, 0.25) is 0 Å². The molecule has 1 aliphatic heterocycles. The Morgan fingerprint density at radius 2 is 1.90 bits per heavy atom. The smallest absolute Gasteiger partial charge is 0.255 e. The molecular weight excluding hydrogens is 510 g/mol. The van der Waals surface area contributed by atoms with Crippen molar-refractivity contribution >= 4 is 23.5 Å². The highest BCUT2D eigenvalue weighted by atomic mass is 19.1. The third-order valence-corrected chi connectivity index (χ3v) is 7.13. The molecule has 1 saturated carbocycles. The highest BCUT2D eigenvalue weighted by Crippen LogP contribution is 2.38. The Labute approximate surface area is 222 Å². The summed E-state index contributed by atoms with van der Waals surface area (Å²) in [6, 6.07) is 10.4. The summed E-state index contributed by atoms with van der Waals surface area (Å²) in [5, 5.41) is 7.31. The monoisotopic (exact) mass is 538 g/mol. The summed E-state index contributed by atoms with van der Waals surface area (Å²) in [6.07, 6.45) is -0.244. The van der Waals surface area contributed by atoms with Crippen LogP contribution in [0.3, 0.4) is 0 Å². The Morgan fingerprint density at radius 1 is 1.18 bits per heavy atom. The van der Waals surface area contributed by atoms with E-state index in [0.29, 0.717) is 30.8 Å². The largest absolute Gasteiger partial charge is 0.496 e. The van der Waals surface area contributed by atoms with Crippen molar-refractivity contribution < 1.29 is 27.9 Å². The third kappa shape index (κ3) is 5.14. The number of hydrogen-bond acceptors (Lipinski definition) is 6. The molecule has 3 amide bonds. The van der Waals surface area contributed by atoms with Gasteiger partial charge in [0.2, 0.25) is 5.91 Å². The average molecular weight is 539 g/mol. The standard InChI is InChI=1S/C27H28F2N6O4/c1-39-21-7-6-16(28)10-19(21)26(37)32-12-14-2-4-15(5-3-14)23-22(25(31)36)24(30)35(33-23)17-8-9-34(13-17)27(38)18-11-20(18)29/h2-7,10,17-18,20H,8-9,11-13,30H2,1H3,(H2,31,36)(H,32,37)/t17-,18+,20-/m0/s1. The van der Waals surface area contributed by atoms with Gasteiger partial charge in [-0.1, -0.05) is 24.3 Å². The number of ether oxygens (including phenoxy) is 1. The van der Waals surface area contributed by atoms with Crippen LogP contribution in [-0.2, 0) is 11.3 Å². The second-order valence-corrected chi connectivity index (χ2v) is 9.73. The molecule has 204 valence electrons. The number of nitrogen functional groups attached to an aromatic ring is 1. The summed E-state index contributed by atoms with van der Waals surface area (Å²) >= 11 is 0. The lowest BCUT2D eigenvalue weighted by Gasteiger charge is -2.17. The molecule has 39 heavy (non-hydrogen) atoms. The summed E-state index contributed by atoms with van der Waals surface area (Å²) in [5.41, 5.74) is 13.7. The molecule has 0 unspecified atom stereocenters. The summed E-state index contributed by atoms with van der Waals surface area (Å²) in [7, 11) is 1.40. The number of aromatic nitrogens is 2. The van der Waals surface area contributed by atoms with Crippen LogP contribution >= 0.6 is 0 Å². The number of nitrogens with one attached hydrogen (secondary N) is 1. The minimum absolute atomic E-state index is 0.0741. The van der Waals surface area contributed by atoms with E-state index >= 15 is 0 Å². The van der Waals surface area contributed by atoms with Gasteiger partial charge in [-0.05, 0) is 36.6 Å². The number of carbonyl (C=O) groups excluding carboxylic acids is 3. The van der Waals surface area contributed by atoms with Crippen molar-refractivity contribution in [2.24, 2.45) is 11.7 Å². The number of hydrogen-bond donors (Lipinski definition) is 3. The summed E-state index contributed by atoms with van der Waals surface area (Å²) < 4.78 is 33.6. The van der Waals surface area contributed by atoms with Gasteiger partial charge in [0.15, 0.2) is 0 Å². The van der Waals surface area contributed by atoms with Crippen LogP contribution in [0.15, 0.2) is 42.5 Å². The molecule has 1 saturated heterocycles. The van der Waals surface area contributed by atoms with E-state index in [-0.39, 0.29) is 47.6 Å². The zero-order valence-corrected chi connectivity index (χ0v) is 21.2. The molecule has 12 heteroatoms. The predicted molar refractivity (Wildman–Crippen MR) is 138 cm³/mol. The fraction of sp³-hybridized carbons (Fsp3) is 0.333. The highest BCUT2D eigenvalue weighted by Gasteiger charge is 2.47. The van der Waals surface area contributed by atoms with Crippen molar-refractivity contribution in [1.82, 2.24) is 20.0 Å². The van der Waals surface area contributed by atoms with Gasteiger partial charge in [-0.15, -0.1) is 0 Å². The first-order chi connectivity index (χ1) is 18.7. The lowest BCUT2D eigenvalue weighted by atomic mass is 10.0. The predicted octanol–water partition coefficient (Wildman–Crippen LogP) is 2.44. The molecule has 2 fully saturated rings. The number of halogens is 2. The van der Waals surface area contributed by atoms with Gasteiger partial charge in [0, 0.05) is 25.2 Å². The first kappa shape index (κ1) is 26.1. The molecular formula is C27H28F2N6O4. The second kappa shape index (κ2) is 10.4. The molecule has 1 aliphatic carbocycles. The van der Waals surface area contributed by atoms with Crippen molar-refractivity contribution in [3.63, 3.8) is 0 Å². The molecule has 2 aliphatic rings.